The third-order valence-electron chi connectivity index (χ3n) is 5.53. The first-order valence-electron chi connectivity index (χ1n) is 12.0. The molecule has 0 spiro atoms. The molecule has 0 saturated heterocycles. The summed E-state index contributed by atoms with van der Waals surface area (Å²) in [5.74, 6) is 0.777. The molecule has 184 valence electrons. The van der Waals surface area contributed by atoms with E-state index in [2.05, 4.69) is 19.2 Å². The molecule has 0 aliphatic rings. The van der Waals surface area contributed by atoms with Crippen molar-refractivity contribution in [3.8, 4) is 0 Å². The van der Waals surface area contributed by atoms with Gasteiger partial charge in [-0.15, -0.1) is 11.8 Å². The van der Waals surface area contributed by atoms with Gasteiger partial charge >= 0.3 is 0 Å². The predicted octanol–water partition coefficient (Wildman–Crippen LogP) is 6.23. The van der Waals surface area contributed by atoms with Gasteiger partial charge in [-0.1, -0.05) is 86.1 Å². The maximum atomic E-state index is 13.6. The number of nitrogens with zero attached hydrogens (tertiary/aromatic N) is 1. The Bertz CT molecular complexity index is 1080. The Hall–Kier alpha value is -2.76. The van der Waals surface area contributed by atoms with E-state index in [9.17, 15) is 9.59 Å². The van der Waals surface area contributed by atoms with E-state index in [1.165, 1.54) is 0 Å². The zero-order valence-electron chi connectivity index (χ0n) is 20.3. The minimum atomic E-state index is -0.621. The summed E-state index contributed by atoms with van der Waals surface area (Å²) in [4.78, 5) is 29.9. The second kappa shape index (κ2) is 14.0. The fraction of sp³-hybridized carbons (Fsp3) is 0.310. The number of carbonyl (C=O) groups is 2. The molecule has 3 rings (SSSR count). The van der Waals surface area contributed by atoms with Crippen molar-refractivity contribution >= 4 is 35.2 Å². The van der Waals surface area contributed by atoms with Gasteiger partial charge in [0.1, 0.15) is 6.04 Å². The van der Waals surface area contributed by atoms with Gasteiger partial charge in [0.15, 0.2) is 0 Å². The van der Waals surface area contributed by atoms with E-state index >= 15 is 0 Å². The number of hydrogen-bond acceptors (Lipinski definition) is 3. The van der Waals surface area contributed by atoms with E-state index in [4.69, 9.17) is 11.6 Å². The number of benzene rings is 3. The maximum absolute atomic E-state index is 13.6. The van der Waals surface area contributed by atoms with Crippen molar-refractivity contribution < 1.29 is 9.59 Å². The van der Waals surface area contributed by atoms with Crippen LogP contribution in [0.3, 0.4) is 0 Å². The van der Waals surface area contributed by atoms with E-state index in [0.29, 0.717) is 42.6 Å². The van der Waals surface area contributed by atoms with Crippen molar-refractivity contribution in [3.63, 3.8) is 0 Å². The highest BCUT2D eigenvalue weighted by molar-refractivity contribution is 7.99. The van der Waals surface area contributed by atoms with Crippen molar-refractivity contribution in [3.05, 3.63) is 101 Å². The second-order valence-electron chi connectivity index (χ2n) is 8.91. The van der Waals surface area contributed by atoms with Gasteiger partial charge in [0.2, 0.25) is 11.8 Å². The molecule has 0 unspecified atom stereocenters. The van der Waals surface area contributed by atoms with Gasteiger partial charge in [-0.3, -0.25) is 9.59 Å². The molecule has 0 radical (unpaired) electrons. The molecule has 4 nitrogen and oxygen atoms in total. The summed E-state index contributed by atoms with van der Waals surface area (Å²) >= 11 is 7.87. The summed E-state index contributed by atoms with van der Waals surface area (Å²) in [5.41, 5.74) is 1.91. The smallest absolute Gasteiger partial charge is 0.243 e. The van der Waals surface area contributed by atoms with E-state index in [1.807, 2.05) is 84.9 Å². The quantitative estimate of drug-likeness (QED) is 0.295. The maximum Gasteiger partial charge on any atom is 0.243 e. The fourth-order valence-electron chi connectivity index (χ4n) is 3.73. The van der Waals surface area contributed by atoms with E-state index in [0.717, 1.165) is 16.0 Å². The molecule has 0 heterocycles. The molecule has 35 heavy (non-hydrogen) atoms. The van der Waals surface area contributed by atoms with Crippen molar-refractivity contribution in [2.24, 2.45) is 5.92 Å². The Balaban J connectivity index is 1.84. The van der Waals surface area contributed by atoms with Gasteiger partial charge in [0.05, 0.1) is 0 Å². The molecule has 1 N–H and O–H groups in total. The molecule has 0 saturated carbocycles. The van der Waals surface area contributed by atoms with Crippen LogP contribution in [0, 0.1) is 5.92 Å². The Morgan fingerprint density at radius 3 is 2.23 bits per heavy atom. The first-order chi connectivity index (χ1) is 16.9. The summed E-state index contributed by atoms with van der Waals surface area (Å²) in [5, 5.41) is 3.66. The van der Waals surface area contributed by atoms with Crippen LogP contribution in [0.1, 0.15) is 31.4 Å². The van der Waals surface area contributed by atoms with Crippen molar-refractivity contribution in [1.82, 2.24) is 10.2 Å². The Morgan fingerprint density at radius 1 is 0.914 bits per heavy atom. The van der Waals surface area contributed by atoms with Crippen LogP contribution in [0.15, 0.2) is 89.8 Å². The number of thioether (sulfide) groups is 1. The van der Waals surface area contributed by atoms with Gasteiger partial charge in [-0.2, -0.15) is 0 Å². The number of halogens is 1. The zero-order chi connectivity index (χ0) is 25.0. The molecule has 3 aromatic carbocycles. The zero-order valence-corrected chi connectivity index (χ0v) is 21.9. The number of hydrogen-bond donors (Lipinski definition) is 1. The molecule has 0 fully saturated rings. The molecule has 2 amide bonds. The second-order valence-corrected chi connectivity index (χ2v) is 10.5. The van der Waals surface area contributed by atoms with Crippen LogP contribution in [0.4, 0.5) is 0 Å². The molecule has 0 bridgehead atoms. The lowest BCUT2D eigenvalue weighted by atomic mass is 10.0. The molecule has 0 aliphatic carbocycles. The lowest BCUT2D eigenvalue weighted by Gasteiger charge is -2.32. The lowest BCUT2D eigenvalue weighted by Crippen LogP contribution is -2.51. The molecule has 6 heteroatoms. The third kappa shape index (κ3) is 9.08. The van der Waals surface area contributed by atoms with Gasteiger partial charge in [-0.05, 0) is 41.3 Å². The lowest BCUT2D eigenvalue weighted by molar-refractivity contribution is -0.141. The molecule has 3 aromatic rings. The van der Waals surface area contributed by atoms with Crippen LogP contribution in [0.5, 0.6) is 0 Å². The van der Waals surface area contributed by atoms with Gasteiger partial charge in [0, 0.05) is 41.6 Å². The fourth-order valence-corrected chi connectivity index (χ4v) is 4.80. The number of amides is 2. The summed E-state index contributed by atoms with van der Waals surface area (Å²) in [6.07, 6.45) is 0.784. The van der Waals surface area contributed by atoms with Crippen molar-refractivity contribution in [2.75, 3.05) is 12.3 Å². The van der Waals surface area contributed by atoms with Crippen LogP contribution in [0.2, 0.25) is 5.02 Å². The highest BCUT2D eigenvalue weighted by Crippen LogP contribution is 2.21. The van der Waals surface area contributed by atoms with Crippen LogP contribution >= 0.6 is 23.4 Å². The molecular weight excluding hydrogens is 476 g/mol. The highest BCUT2D eigenvalue weighted by atomic mass is 35.5. The monoisotopic (exact) mass is 508 g/mol. The average Bonchev–Trinajstić information content (AvgIpc) is 2.86. The average molecular weight is 509 g/mol. The van der Waals surface area contributed by atoms with Crippen LogP contribution in [-0.2, 0) is 22.6 Å². The largest absolute Gasteiger partial charge is 0.354 e. The Morgan fingerprint density at radius 2 is 1.57 bits per heavy atom. The molecule has 0 aromatic heterocycles. The molecular formula is C29H33ClN2O2S. The minimum Gasteiger partial charge on any atom is -0.354 e. The van der Waals surface area contributed by atoms with Crippen LogP contribution < -0.4 is 5.32 Å². The molecule has 0 aliphatic heterocycles. The van der Waals surface area contributed by atoms with Gasteiger partial charge < -0.3 is 10.2 Å². The van der Waals surface area contributed by atoms with Gasteiger partial charge in [-0.25, -0.2) is 0 Å². The summed E-state index contributed by atoms with van der Waals surface area (Å²) in [6.45, 7) is 5.00. The minimum absolute atomic E-state index is 0.0472. The van der Waals surface area contributed by atoms with Crippen LogP contribution in [0.25, 0.3) is 0 Å². The highest BCUT2D eigenvalue weighted by Gasteiger charge is 2.30. The first-order valence-corrected chi connectivity index (χ1v) is 13.3. The van der Waals surface area contributed by atoms with E-state index < -0.39 is 6.04 Å². The van der Waals surface area contributed by atoms with Gasteiger partial charge in [0.25, 0.3) is 0 Å². The predicted molar refractivity (Wildman–Crippen MR) is 146 cm³/mol. The number of rotatable bonds is 12. The van der Waals surface area contributed by atoms with Crippen molar-refractivity contribution in [2.45, 2.75) is 44.2 Å². The molecule has 1 atom stereocenters. The number of carbonyl (C=O) groups excluding carboxylic acids is 2. The topological polar surface area (TPSA) is 49.4 Å². The Kier molecular flexibility index (Phi) is 10.7. The van der Waals surface area contributed by atoms with E-state index in [1.54, 1.807) is 16.7 Å². The standard InChI is InChI=1S/C29H33ClN2O2S/c1-22(2)20-31-29(34)27(19-23-10-5-3-6-11-23)32(21-24-12-9-13-25(30)18-24)28(33)16-17-35-26-14-7-4-8-15-26/h3-15,18,22,27H,16-17,19-21H2,1-2H3,(H,31,34)/t27-/m0/s1. The SMILES string of the molecule is CC(C)CNC(=O)[C@H](Cc1ccccc1)N(Cc1cccc(Cl)c1)C(=O)CCSc1ccccc1. The van der Waals surface area contributed by atoms with Crippen molar-refractivity contribution in [1.29, 1.82) is 0 Å². The normalized spacial score (nSPS) is 11.8. The first kappa shape index (κ1) is 26.8. The van der Waals surface area contributed by atoms with E-state index in [-0.39, 0.29) is 11.8 Å². The Labute approximate surface area is 218 Å². The summed E-state index contributed by atoms with van der Waals surface area (Å²) in [6, 6.07) is 26.7. The number of nitrogens with one attached hydrogen (secondary N) is 1. The van der Waals surface area contributed by atoms with Crippen LogP contribution in [-0.4, -0.2) is 35.1 Å². The summed E-state index contributed by atoms with van der Waals surface area (Å²) in [7, 11) is 0. The summed E-state index contributed by atoms with van der Waals surface area (Å²) < 4.78 is 0. The third-order valence-corrected chi connectivity index (χ3v) is 6.77.